The highest BCUT2D eigenvalue weighted by molar-refractivity contribution is 5.76. The number of hydrogen-bond donors (Lipinski definition) is 3. The number of aliphatic hydroxyl groups excluding tert-OH is 1. The van der Waals surface area contributed by atoms with E-state index in [9.17, 15) is 18.3 Å². The van der Waals surface area contributed by atoms with Gasteiger partial charge in [0.1, 0.15) is 17.0 Å². The van der Waals surface area contributed by atoms with Crippen molar-refractivity contribution in [2.75, 3.05) is 10.6 Å². The van der Waals surface area contributed by atoms with Gasteiger partial charge in [-0.2, -0.15) is 4.98 Å². The quantitative estimate of drug-likeness (QED) is 0.468. The smallest absolute Gasteiger partial charge is 0.224 e. The molecular formula is C22H27F3N6O. The molecule has 3 N–H and O–H groups in total. The summed E-state index contributed by atoms with van der Waals surface area (Å²) in [6.07, 6.45) is 5.92. The van der Waals surface area contributed by atoms with Crippen LogP contribution in [0.3, 0.4) is 0 Å². The molecule has 1 fully saturated rings. The first kappa shape index (κ1) is 22.3. The van der Waals surface area contributed by atoms with Crippen LogP contribution in [0.1, 0.15) is 58.4 Å². The van der Waals surface area contributed by atoms with Gasteiger partial charge in [0, 0.05) is 24.2 Å². The maximum atomic E-state index is 14.3. The molecule has 1 aromatic carbocycles. The van der Waals surface area contributed by atoms with E-state index >= 15 is 0 Å². The van der Waals surface area contributed by atoms with Crippen molar-refractivity contribution in [2.24, 2.45) is 0 Å². The summed E-state index contributed by atoms with van der Waals surface area (Å²) in [7, 11) is 0. The SMILES string of the molecule is CCC(CC)n1c(Nc2c(F)cc(F)cc2F)nc2cnc(NC3CCC(O)CC3)nc21. The number of nitrogens with zero attached hydrogens (tertiary/aromatic N) is 4. The van der Waals surface area contributed by atoms with E-state index < -0.39 is 23.1 Å². The van der Waals surface area contributed by atoms with E-state index in [4.69, 9.17) is 0 Å². The summed E-state index contributed by atoms with van der Waals surface area (Å²) < 4.78 is 43.7. The molecule has 172 valence electrons. The molecule has 1 aliphatic rings. The Labute approximate surface area is 184 Å². The van der Waals surface area contributed by atoms with Crippen LogP contribution in [0.15, 0.2) is 18.3 Å². The van der Waals surface area contributed by atoms with Crippen molar-refractivity contribution in [3.05, 3.63) is 35.8 Å². The van der Waals surface area contributed by atoms with E-state index in [1.165, 1.54) is 0 Å². The molecule has 4 rings (SSSR count). The molecule has 32 heavy (non-hydrogen) atoms. The third kappa shape index (κ3) is 4.50. The van der Waals surface area contributed by atoms with Gasteiger partial charge < -0.3 is 15.7 Å². The Morgan fingerprint density at radius 1 is 1.06 bits per heavy atom. The van der Waals surface area contributed by atoms with Gasteiger partial charge in [0.05, 0.1) is 12.3 Å². The molecule has 0 saturated heterocycles. The highest BCUT2D eigenvalue weighted by atomic mass is 19.1. The molecule has 2 aromatic heterocycles. The number of anilines is 3. The fourth-order valence-corrected chi connectivity index (χ4v) is 4.22. The van der Waals surface area contributed by atoms with Crippen molar-refractivity contribution >= 4 is 28.7 Å². The third-order valence-electron chi connectivity index (χ3n) is 6.01. The maximum Gasteiger partial charge on any atom is 0.224 e. The minimum Gasteiger partial charge on any atom is -0.393 e. The molecule has 10 heteroatoms. The van der Waals surface area contributed by atoms with Gasteiger partial charge in [-0.25, -0.2) is 23.1 Å². The Morgan fingerprint density at radius 3 is 2.34 bits per heavy atom. The highest BCUT2D eigenvalue weighted by Crippen LogP contribution is 2.31. The highest BCUT2D eigenvalue weighted by Gasteiger charge is 2.23. The molecule has 0 spiro atoms. The van der Waals surface area contributed by atoms with Crippen LogP contribution < -0.4 is 10.6 Å². The van der Waals surface area contributed by atoms with Gasteiger partial charge in [-0.1, -0.05) is 13.8 Å². The zero-order valence-electron chi connectivity index (χ0n) is 18.1. The Kier molecular flexibility index (Phi) is 6.50. The van der Waals surface area contributed by atoms with Crippen LogP contribution in [0.2, 0.25) is 0 Å². The van der Waals surface area contributed by atoms with E-state index in [0.29, 0.717) is 29.2 Å². The average Bonchev–Trinajstić information content (AvgIpc) is 3.11. The van der Waals surface area contributed by atoms with Crippen molar-refractivity contribution in [3.63, 3.8) is 0 Å². The molecular weight excluding hydrogens is 421 g/mol. The number of hydrogen-bond acceptors (Lipinski definition) is 6. The summed E-state index contributed by atoms with van der Waals surface area (Å²) >= 11 is 0. The number of imidazole rings is 1. The van der Waals surface area contributed by atoms with Crippen molar-refractivity contribution < 1.29 is 18.3 Å². The lowest BCUT2D eigenvalue weighted by Gasteiger charge is -2.26. The molecule has 0 unspecified atom stereocenters. The predicted molar refractivity (Wildman–Crippen MR) is 116 cm³/mol. The van der Waals surface area contributed by atoms with Crippen LogP contribution in [0, 0.1) is 17.5 Å². The number of nitrogens with one attached hydrogen (secondary N) is 2. The second-order valence-electron chi connectivity index (χ2n) is 8.20. The van der Waals surface area contributed by atoms with Gasteiger partial charge in [-0.15, -0.1) is 0 Å². The maximum absolute atomic E-state index is 14.3. The minimum atomic E-state index is -1.04. The van der Waals surface area contributed by atoms with Crippen LogP contribution in [0.25, 0.3) is 11.2 Å². The van der Waals surface area contributed by atoms with Gasteiger partial charge in [0.15, 0.2) is 17.3 Å². The lowest BCUT2D eigenvalue weighted by atomic mass is 9.93. The number of aliphatic hydroxyl groups is 1. The van der Waals surface area contributed by atoms with Crippen molar-refractivity contribution in [1.29, 1.82) is 0 Å². The van der Waals surface area contributed by atoms with Crippen LogP contribution in [-0.2, 0) is 0 Å². The first-order valence-electron chi connectivity index (χ1n) is 11.0. The van der Waals surface area contributed by atoms with Gasteiger partial charge in [0.25, 0.3) is 0 Å². The van der Waals surface area contributed by atoms with Gasteiger partial charge in [0.2, 0.25) is 11.9 Å². The normalized spacial score (nSPS) is 19.0. The second kappa shape index (κ2) is 9.32. The molecule has 0 radical (unpaired) electrons. The summed E-state index contributed by atoms with van der Waals surface area (Å²) in [6, 6.07) is 1.39. The lowest BCUT2D eigenvalue weighted by Crippen LogP contribution is -2.29. The second-order valence-corrected chi connectivity index (χ2v) is 8.20. The van der Waals surface area contributed by atoms with Crippen LogP contribution in [0.5, 0.6) is 0 Å². The lowest BCUT2D eigenvalue weighted by molar-refractivity contribution is 0.126. The van der Waals surface area contributed by atoms with E-state index in [1.807, 2.05) is 18.4 Å². The summed E-state index contributed by atoms with van der Waals surface area (Å²) in [5, 5.41) is 15.7. The molecule has 0 amide bonds. The molecule has 1 aliphatic carbocycles. The monoisotopic (exact) mass is 448 g/mol. The number of fused-ring (bicyclic) bond motifs is 1. The van der Waals surface area contributed by atoms with E-state index in [1.54, 1.807) is 6.20 Å². The molecule has 0 atom stereocenters. The predicted octanol–water partition coefficient (Wildman–Crippen LogP) is 5.06. The van der Waals surface area contributed by atoms with Gasteiger partial charge >= 0.3 is 0 Å². The molecule has 7 nitrogen and oxygen atoms in total. The van der Waals surface area contributed by atoms with E-state index in [-0.39, 0.29) is 24.1 Å². The van der Waals surface area contributed by atoms with Crippen LogP contribution in [0.4, 0.5) is 30.8 Å². The summed E-state index contributed by atoms with van der Waals surface area (Å²) in [5.41, 5.74) is 0.547. The first-order chi connectivity index (χ1) is 15.4. The Hall–Kier alpha value is -2.88. The van der Waals surface area contributed by atoms with Gasteiger partial charge in [-0.3, -0.25) is 4.57 Å². The zero-order valence-corrected chi connectivity index (χ0v) is 18.1. The fourth-order valence-electron chi connectivity index (χ4n) is 4.22. The summed E-state index contributed by atoms with van der Waals surface area (Å²) in [4.78, 5) is 13.5. The van der Waals surface area contributed by atoms with Gasteiger partial charge in [-0.05, 0) is 38.5 Å². The molecule has 2 heterocycles. The summed E-state index contributed by atoms with van der Waals surface area (Å²) in [6.45, 7) is 4.02. The summed E-state index contributed by atoms with van der Waals surface area (Å²) in [5.74, 6) is -2.42. The largest absolute Gasteiger partial charge is 0.393 e. The number of rotatable bonds is 7. The zero-order chi connectivity index (χ0) is 22.8. The third-order valence-corrected chi connectivity index (χ3v) is 6.01. The van der Waals surface area contributed by atoms with E-state index in [0.717, 1.165) is 38.5 Å². The van der Waals surface area contributed by atoms with Crippen LogP contribution >= 0.6 is 0 Å². The molecule has 1 saturated carbocycles. The molecule has 0 aliphatic heterocycles. The van der Waals surface area contributed by atoms with Crippen LogP contribution in [-0.4, -0.2) is 36.8 Å². The average molecular weight is 448 g/mol. The number of aromatic nitrogens is 4. The number of benzene rings is 1. The van der Waals surface area contributed by atoms with Crippen molar-refractivity contribution in [1.82, 2.24) is 19.5 Å². The van der Waals surface area contributed by atoms with E-state index in [2.05, 4.69) is 25.6 Å². The fraction of sp³-hybridized carbons (Fsp3) is 0.500. The Balaban J connectivity index is 1.72. The first-order valence-corrected chi connectivity index (χ1v) is 11.0. The minimum absolute atomic E-state index is 0.0263. The molecule has 3 aromatic rings. The standard InChI is InChI=1S/C22H27F3N6O/c1-3-14(4-2)31-20-18(11-26-21(30-20)27-13-5-7-15(32)8-6-13)28-22(31)29-19-16(24)9-12(23)10-17(19)25/h9-11,13-15,32H,3-8H2,1-2H3,(H,28,29)(H,26,27,30). The van der Waals surface area contributed by atoms with Crippen molar-refractivity contribution in [3.8, 4) is 0 Å². The molecule has 0 bridgehead atoms. The number of halogens is 3. The van der Waals surface area contributed by atoms with Crippen molar-refractivity contribution in [2.45, 2.75) is 70.6 Å². The Morgan fingerprint density at radius 2 is 1.72 bits per heavy atom. The topological polar surface area (TPSA) is 87.9 Å². The Bertz CT molecular complexity index is 1070.